The number of carbonyl (C=O) groups excluding carboxylic acids is 2. The zero-order valence-corrected chi connectivity index (χ0v) is 10.4. The molecule has 18 heavy (non-hydrogen) atoms. The molecule has 6 heteroatoms. The fourth-order valence-electron chi connectivity index (χ4n) is 1.74. The van der Waals surface area contributed by atoms with Crippen LogP contribution in [0.15, 0.2) is 12.3 Å². The highest BCUT2D eigenvalue weighted by Crippen LogP contribution is 2.18. The van der Waals surface area contributed by atoms with Gasteiger partial charge in [-0.15, -0.1) is 0 Å². The molecule has 98 valence electrons. The minimum absolute atomic E-state index is 0.00410. The topological polar surface area (TPSA) is 89.2 Å². The molecular weight excluding hydrogens is 232 g/mol. The summed E-state index contributed by atoms with van der Waals surface area (Å²) in [4.78, 5) is 23.3. The minimum Gasteiger partial charge on any atom is -0.397 e. The van der Waals surface area contributed by atoms with E-state index >= 15 is 0 Å². The van der Waals surface area contributed by atoms with E-state index in [0.29, 0.717) is 24.0 Å². The van der Waals surface area contributed by atoms with E-state index in [9.17, 15) is 9.59 Å². The molecule has 0 radical (unpaired) electrons. The minimum atomic E-state index is -0.278. The van der Waals surface area contributed by atoms with Crippen LogP contribution >= 0.6 is 0 Å². The van der Waals surface area contributed by atoms with Gasteiger partial charge in [-0.25, -0.2) is 0 Å². The Morgan fingerprint density at radius 2 is 2.22 bits per heavy atom. The fraction of sp³-hybridized carbons (Fsp3) is 0.500. The van der Waals surface area contributed by atoms with Crippen molar-refractivity contribution in [1.29, 1.82) is 0 Å². The van der Waals surface area contributed by atoms with Crippen molar-refractivity contribution in [2.45, 2.75) is 32.4 Å². The second kappa shape index (κ2) is 5.12. The summed E-state index contributed by atoms with van der Waals surface area (Å²) in [6.07, 6.45) is 3.78. The third-order valence-corrected chi connectivity index (χ3v) is 2.84. The maximum absolute atomic E-state index is 11.9. The molecule has 6 nitrogen and oxygen atoms in total. The molecule has 2 rings (SSSR count). The molecule has 1 aromatic heterocycles. The number of nitrogens with zero attached hydrogens (tertiary/aromatic N) is 1. The van der Waals surface area contributed by atoms with E-state index < -0.39 is 0 Å². The van der Waals surface area contributed by atoms with Crippen molar-refractivity contribution >= 4 is 17.5 Å². The monoisotopic (exact) mass is 250 g/mol. The number of hydrogen-bond donors (Lipinski definition) is 3. The molecule has 1 aromatic rings. The summed E-state index contributed by atoms with van der Waals surface area (Å²) in [6.45, 7) is 2.59. The quantitative estimate of drug-likeness (QED) is 0.692. The van der Waals surface area contributed by atoms with Gasteiger partial charge in [-0.3, -0.25) is 9.59 Å². The van der Waals surface area contributed by atoms with Gasteiger partial charge in [0.05, 0.1) is 12.2 Å². The van der Waals surface area contributed by atoms with E-state index in [1.54, 1.807) is 16.8 Å². The molecule has 4 N–H and O–H groups in total. The van der Waals surface area contributed by atoms with E-state index in [4.69, 9.17) is 5.73 Å². The zero-order valence-electron chi connectivity index (χ0n) is 10.4. The largest absolute Gasteiger partial charge is 0.397 e. The van der Waals surface area contributed by atoms with Crippen molar-refractivity contribution in [2.24, 2.45) is 0 Å². The lowest BCUT2D eigenvalue weighted by Gasteiger charge is -2.07. The van der Waals surface area contributed by atoms with Crippen LogP contribution in [0.25, 0.3) is 0 Å². The standard InChI is InChI=1S/C12H18N4O2/c1-2-16-7-8(13)5-10(16)12(18)14-6-11(17)15-9-3-4-9/h5,7,9H,2-4,6,13H2,1H3,(H,14,18)(H,15,17). The van der Waals surface area contributed by atoms with Crippen LogP contribution in [0.4, 0.5) is 5.69 Å². The van der Waals surface area contributed by atoms with E-state index in [1.165, 1.54) is 0 Å². The van der Waals surface area contributed by atoms with Crippen molar-refractivity contribution in [3.63, 3.8) is 0 Å². The summed E-state index contributed by atoms with van der Waals surface area (Å²) in [5, 5.41) is 5.40. The molecule has 1 saturated carbocycles. The second-order valence-electron chi connectivity index (χ2n) is 4.47. The van der Waals surface area contributed by atoms with Crippen molar-refractivity contribution in [3.8, 4) is 0 Å². The SMILES string of the molecule is CCn1cc(N)cc1C(=O)NCC(=O)NC1CC1. The Balaban J connectivity index is 1.88. The van der Waals surface area contributed by atoms with Crippen molar-refractivity contribution in [1.82, 2.24) is 15.2 Å². The van der Waals surface area contributed by atoms with Crippen molar-refractivity contribution in [3.05, 3.63) is 18.0 Å². The average Bonchev–Trinajstić information content (AvgIpc) is 3.06. The lowest BCUT2D eigenvalue weighted by Crippen LogP contribution is -2.38. The summed E-state index contributed by atoms with van der Waals surface area (Å²) in [6, 6.07) is 1.92. The number of anilines is 1. The van der Waals surface area contributed by atoms with Crippen LogP contribution < -0.4 is 16.4 Å². The highest BCUT2D eigenvalue weighted by Gasteiger charge is 2.23. The first kappa shape index (κ1) is 12.5. The maximum Gasteiger partial charge on any atom is 0.268 e. The molecule has 0 unspecified atom stereocenters. The Bertz CT molecular complexity index is 463. The smallest absolute Gasteiger partial charge is 0.268 e. The van der Waals surface area contributed by atoms with Crippen LogP contribution in [0.5, 0.6) is 0 Å². The molecule has 0 bridgehead atoms. The van der Waals surface area contributed by atoms with Crippen LogP contribution in [0.3, 0.4) is 0 Å². The van der Waals surface area contributed by atoms with Gasteiger partial charge in [-0.05, 0) is 25.8 Å². The summed E-state index contributed by atoms with van der Waals surface area (Å²) in [5.74, 6) is -0.423. The predicted molar refractivity (Wildman–Crippen MR) is 68.0 cm³/mol. The lowest BCUT2D eigenvalue weighted by atomic mass is 10.3. The summed E-state index contributed by atoms with van der Waals surface area (Å²) in [5.41, 5.74) is 6.67. The third-order valence-electron chi connectivity index (χ3n) is 2.84. The van der Waals surface area contributed by atoms with Gasteiger partial charge >= 0.3 is 0 Å². The van der Waals surface area contributed by atoms with E-state index in [-0.39, 0.29) is 18.4 Å². The van der Waals surface area contributed by atoms with Crippen LogP contribution in [-0.2, 0) is 11.3 Å². The van der Waals surface area contributed by atoms with Gasteiger partial charge in [0.15, 0.2) is 0 Å². The Morgan fingerprint density at radius 3 is 2.83 bits per heavy atom. The second-order valence-corrected chi connectivity index (χ2v) is 4.47. The van der Waals surface area contributed by atoms with Crippen LogP contribution in [0.2, 0.25) is 0 Å². The fourth-order valence-corrected chi connectivity index (χ4v) is 1.74. The number of hydrogen-bond acceptors (Lipinski definition) is 3. The van der Waals surface area contributed by atoms with Crippen LogP contribution in [0.1, 0.15) is 30.3 Å². The molecule has 1 heterocycles. The molecule has 0 saturated heterocycles. The number of nitrogens with one attached hydrogen (secondary N) is 2. The van der Waals surface area contributed by atoms with Crippen molar-refractivity contribution < 1.29 is 9.59 Å². The van der Waals surface area contributed by atoms with Gasteiger partial charge in [-0.1, -0.05) is 0 Å². The lowest BCUT2D eigenvalue weighted by molar-refractivity contribution is -0.120. The van der Waals surface area contributed by atoms with E-state index in [2.05, 4.69) is 10.6 Å². The number of amides is 2. The summed E-state index contributed by atoms with van der Waals surface area (Å²) >= 11 is 0. The molecule has 0 aliphatic heterocycles. The molecule has 0 spiro atoms. The molecule has 0 aromatic carbocycles. The number of carbonyl (C=O) groups is 2. The van der Waals surface area contributed by atoms with Crippen molar-refractivity contribution in [2.75, 3.05) is 12.3 Å². The Hall–Kier alpha value is -1.98. The normalized spacial score (nSPS) is 14.3. The summed E-state index contributed by atoms with van der Waals surface area (Å²) in [7, 11) is 0. The third kappa shape index (κ3) is 3.03. The average molecular weight is 250 g/mol. The van der Waals surface area contributed by atoms with E-state index in [1.807, 2.05) is 6.92 Å². The molecular formula is C12H18N4O2. The Morgan fingerprint density at radius 1 is 1.50 bits per heavy atom. The molecule has 1 aliphatic rings. The molecule has 1 fully saturated rings. The Labute approximate surface area is 106 Å². The van der Waals surface area contributed by atoms with Gasteiger partial charge < -0.3 is 20.9 Å². The van der Waals surface area contributed by atoms with Gasteiger partial charge in [0.2, 0.25) is 5.91 Å². The Kier molecular flexibility index (Phi) is 3.55. The molecule has 0 atom stereocenters. The van der Waals surface area contributed by atoms with Crippen LogP contribution in [-0.4, -0.2) is 29.0 Å². The number of rotatable bonds is 5. The highest BCUT2D eigenvalue weighted by atomic mass is 16.2. The predicted octanol–water partition coefficient (Wildman–Crippen LogP) is 0.0986. The summed E-state index contributed by atoms with van der Waals surface area (Å²) < 4.78 is 1.75. The number of aryl methyl sites for hydroxylation is 1. The first-order chi connectivity index (χ1) is 8.60. The van der Waals surface area contributed by atoms with Crippen LogP contribution in [0, 0.1) is 0 Å². The number of nitrogen functional groups attached to an aromatic ring is 1. The van der Waals surface area contributed by atoms with Gasteiger partial charge in [-0.2, -0.15) is 0 Å². The van der Waals surface area contributed by atoms with E-state index in [0.717, 1.165) is 12.8 Å². The maximum atomic E-state index is 11.9. The molecule has 2 amide bonds. The highest BCUT2D eigenvalue weighted by molar-refractivity contribution is 5.96. The first-order valence-electron chi connectivity index (χ1n) is 6.13. The number of nitrogens with two attached hydrogens (primary N) is 1. The van der Waals surface area contributed by atoms with Gasteiger partial charge in [0.25, 0.3) is 5.91 Å². The molecule has 1 aliphatic carbocycles. The van der Waals surface area contributed by atoms with Gasteiger partial charge in [0, 0.05) is 18.8 Å². The van der Waals surface area contributed by atoms with Gasteiger partial charge in [0.1, 0.15) is 5.69 Å². The number of aromatic nitrogens is 1. The first-order valence-corrected chi connectivity index (χ1v) is 6.13. The zero-order chi connectivity index (χ0) is 13.1.